The Labute approximate surface area is 126 Å². The van der Waals surface area contributed by atoms with Gasteiger partial charge in [0, 0.05) is 12.1 Å². The molecule has 4 aliphatic rings. The molecule has 3 aliphatic carbocycles. The molecule has 2 fully saturated rings. The van der Waals surface area contributed by atoms with E-state index in [0.29, 0.717) is 5.69 Å². The summed E-state index contributed by atoms with van der Waals surface area (Å²) < 4.78 is 0. The second-order valence-electron chi connectivity index (χ2n) is 6.13. The van der Waals surface area contributed by atoms with Crippen molar-refractivity contribution in [3.05, 3.63) is 46.5 Å². The topological polar surface area (TPSA) is 80.5 Å². The third kappa shape index (κ3) is 1.66. The van der Waals surface area contributed by atoms with Gasteiger partial charge in [-0.05, 0) is 36.8 Å². The van der Waals surface area contributed by atoms with Gasteiger partial charge in [0.1, 0.15) is 0 Å². The zero-order valence-corrected chi connectivity index (χ0v) is 11.7. The summed E-state index contributed by atoms with van der Waals surface area (Å²) in [6.07, 6.45) is 6.05. The lowest BCUT2D eigenvalue weighted by molar-refractivity contribution is -0.384. The van der Waals surface area contributed by atoms with Crippen molar-refractivity contribution in [3.8, 4) is 0 Å². The highest BCUT2D eigenvalue weighted by atomic mass is 16.6. The van der Waals surface area contributed by atoms with Crippen LogP contribution >= 0.6 is 0 Å². The number of nitrogens with zero attached hydrogens (tertiary/aromatic N) is 2. The van der Waals surface area contributed by atoms with Crippen LogP contribution in [-0.2, 0) is 9.59 Å². The van der Waals surface area contributed by atoms with E-state index in [1.165, 1.54) is 29.2 Å². The van der Waals surface area contributed by atoms with E-state index in [-0.39, 0.29) is 41.2 Å². The molecule has 5 rings (SSSR count). The van der Waals surface area contributed by atoms with Gasteiger partial charge in [0.05, 0.1) is 22.4 Å². The van der Waals surface area contributed by atoms with E-state index in [0.717, 1.165) is 12.8 Å². The number of nitro benzene ring substituents is 1. The molecule has 4 atom stereocenters. The average molecular weight is 298 g/mol. The molecule has 1 aromatic rings. The molecule has 0 N–H and O–H groups in total. The molecular formula is C16H14N2O4. The quantitative estimate of drug-likeness (QED) is 0.363. The first kappa shape index (κ1) is 13.2. The van der Waals surface area contributed by atoms with E-state index in [2.05, 4.69) is 12.2 Å². The van der Waals surface area contributed by atoms with Crippen LogP contribution in [0.4, 0.5) is 11.4 Å². The third-order valence-corrected chi connectivity index (χ3v) is 5.08. The number of benzene rings is 1. The van der Waals surface area contributed by atoms with Crippen molar-refractivity contribution in [3.63, 3.8) is 0 Å². The van der Waals surface area contributed by atoms with Crippen LogP contribution in [0, 0.1) is 33.8 Å². The highest BCUT2D eigenvalue weighted by Crippen LogP contribution is 2.50. The number of hydrogen-bond donors (Lipinski definition) is 0. The van der Waals surface area contributed by atoms with E-state index in [1.54, 1.807) is 0 Å². The van der Waals surface area contributed by atoms with Crippen LogP contribution in [0.15, 0.2) is 36.4 Å². The second-order valence-corrected chi connectivity index (χ2v) is 6.13. The summed E-state index contributed by atoms with van der Waals surface area (Å²) in [5, 5.41) is 10.7. The number of amides is 2. The van der Waals surface area contributed by atoms with Gasteiger partial charge in [0.2, 0.25) is 11.8 Å². The lowest BCUT2D eigenvalue weighted by Gasteiger charge is -2.38. The Morgan fingerprint density at radius 1 is 0.955 bits per heavy atom. The minimum absolute atomic E-state index is 0.0537. The first-order chi connectivity index (χ1) is 10.6. The molecule has 6 nitrogen and oxygen atoms in total. The molecule has 1 aliphatic heterocycles. The first-order valence-corrected chi connectivity index (χ1v) is 7.38. The average Bonchev–Trinajstić information content (AvgIpc) is 2.82. The number of imide groups is 1. The fraction of sp³-hybridized carbons (Fsp3) is 0.375. The molecule has 0 aromatic heterocycles. The van der Waals surface area contributed by atoms with Crippen LogP contribution in [0.2, 0.25) is 0 Å². The molecule has 2 amide bonds. The molecule has 2 bridgehead atoms. The van der Waals surface area contributed by atoms with Crippen LogP contribution in [-0.4, -0.2) is 16.7 Å². The van der Waals surface area contributed by atoms with Gasteiger partial charge in [-0.1, -0.05) is 12.2 Å². The van der Waals surface area contributed by atoms with Crippen molar-refractivity contribution in [2.45, 2.75) is 12.8 Å². The molecule has 1 heterocycles. The molecule has 1 aromatic carbocycles. The highest BCUT2D eigenvalue weighted by molar-refractivity contribution is 6.22. The van der Waals surface area contributed by atoms with Gasteiger partial charge >= 0.3 is 0 Å². The van der Waals surface area contributed by atoms with E-state index >= 15 is 0 Å². The minimum Gasteiger partial charge on any atom is -0.274 e. The van der Waals surface area contributed by atoms with Crippen LogP contribution in [0.1, 0.15) is 12.8 Å². The Balaban J connectivity index is 1.70. The van der Waals surface area contributed by atoms with E-state index in [1.807, 2.05) is 0 Å². The number of nitro groups is 1. The molecular weight excluding hydrogens is 284 g/mol. The summed E-state index contributed by atoms with van der Waals surface area (Å²) in [5.74, 6) is -0.548. The SMILES string of the molecule is O=C1[C@@H]2[C@@H](C(=O)N1c1ccc([N+](=O)[O-])cc1)[C@H]1C=C[C@@H]2CC1. The Morgan fingerprint density at radius 2 is 1.45 bits per heavy atom. The number of anilines is 1. The van der Waals surface area contributed by atoms with E-state index in [4.69, 9.17) is 0 Å². The molecule has 112 valence electrons. The lowest BCUT2D eigenvalue weighted by Crippen LogP contribution is -2.38. The second kappa shape index (κ2) is 4.50. The zero-order chi connectivity index (χ0) is 15.4. The Kier molecular flexibility index (Phi) is 2.69. The van der Waals surface area contributed by atoms with Crippen molar-refractivity contribution >= 4 is 23.2 Å². The van der Waals surface area contributed by atoms with Crippen molar-refractivity contribution in [2.75, 3.05) is 4.90 Å². The van der Waals surface area contributed by atoms with Gasteiger partial charge in [-0.3, -0.25) is 24.6 Å². The maximum atomic E-state index is 12.7. The van der Waals surface area contributed by atoms with Gasteiger partial charge < -0.3 is 0 Å². The Morgan fingerprint density at radius 3 is 1.86 bits per heavy atom. The van der Waals surface area contributed by atoms with Gasteiger partial charge in [0.25, 0.3) is 5.69 Å². The third-order valence-electron chi connectivity index (χ3n) is 5.08. The van der Waals surface area contributed by atoms with Crippen molar-refractivity contribution in [1.29, 1.82) is 0 Å². The smallest absolute Gasteiger partial charge is 0.269 e. The Hall–Kier alpha value is -2.50. The van der Waals surface area contributed by atoms with Gasteiger partial charge in [-0.25, -0.2) is 0 Å². The first-order valence-electron chi connectivity index (χ1n) is 7.38. The minimum atomic E-state index is -0.499. The van der Waals surface area contributed by atoms with Gasteiger partial charge in [-0.2, -0.15) is 0 Å². The zero-order valence-electron chi connectivity index (χ0n) is 11.7. The van der Waals surface area contributed by atoms with Crippen molar-refractivity contribution in [2.24, 2.45) is 23.7 Å². The summed E-state index contributed by atoms with van der Waals surface area (Å²) in [7, 11) is 0. The molecule has 1 saturated heterocycles. The predicted octanol–water partition coefficient (Wildman–Crippen LogP) is 2.30. The summed E-state index contributed by atoms with van der Waals surface area (Å²) in [4.78, 5) is 36.8. The van der Waals surface area contributed by atoms with Crippen molar-refractivity contribution in [1.82, 2.24) is 0 Å². The number of allylic oxidation sites excluding steroid dienone is 2. The predicted molar refractivity (Wildman–Crippen MR) is 77.9 cm³/mol. The van der Waals surface area contributed by atoms with E-state index in [9.17, 15) is 19.7 Å². The van der Waals surface area contributed by atoms with E-state index < -0.39 is 4.92 Å². The number of carbonyl (C=O) groups is 2. The van der Waals surface area contributed by atoms with Gasteiger partial charge in [-0.15, -0.1) is 0 Å². The van der Waals surface area contributed by atoms with Crippen LogP contribution in [0.25, 0.3) is 0 Å². The standard InChI is InChI=1S/C16H14N2O4/c19-15-13-9-1-2-10(4-3-9)14(13)16(20)17(15)11-5-7-12(8-6-11)18(21)22/h1-2,5-10,13-14H,3-4H2/t9-,10+,13-,14-/m0/s1. The maximum Gasteiger partial charge on any atom is 0.269 e. The number of rotatable bonds is 2. The lowest BCUT2D eigenvalue weighted by atomic mass is 9.63. The molecule has 6 heteroatoms. The number of carbonyl (C=O) groups excluding carboxylic acids is 2. The summed E-state index contributed by atoms with van der Waals surface area (Å²) in [5.41, 5.74) is 0.372. The summed E-state index contributed by atoms with van der Waals surface area (Å²) in [6, 6.07) is 5.59. The largest absolute Gasteiger partial charge is 0.274 e. The molecule has 1 saturated carbocycles. The molecule has 0 radical (unpaired) electrons. The van der Waals surface area contributed by atoms with Crippen LogP contribution in [0.3, 0.4) is 0 Å². The monoisotopic (exact) mass is 298 g/mol. The maximum absolute atomic E-state index is 12.7. The fourth-order valence-electron chi connectivity index (χ4n) is 4.05. The normalized spacial score (nSPS) is 32.5. The van der Waals surface area contributed by atoms with Crippen LogP contribution in [0.5, 0.6) is 0 Å². The molecule has 0 spiro atoms. The Bertz CT molecular complexity index is 677. The van der Waals surface area contributed by atoms with Crippen molar-refractivity contribution < 1.29 is 14.5 Å². The molecule has 22 heavy (non-hydrogen) atoms. The number of hydrogen-bond acceptors (Lipinski definition) is 4. The summed E-state index contributed by atoms with van der Waals surface area (Å²) >= 11 is 0. The van der Waals surface area contributed by atoms with Crippen LogP contribution < -0.4 is 4.90 Å². The molecule has 0 unspecified atom stereocenters. The number of fused-ring (bicyclic) bond motifs is 1. The fourth-order valence-corrected chi connectivity index (χ4v) is 4.05. The number of non-ortho nitro benzene ring substituents is 1. The highest BCUT2D eigenvalue weighted by Gasteiger charge is 2.56. The summed E-state index contributed by atoms with van der Waals surface area (Å²) in [6.45, 7) is 0. The van der Waals surface area contributed by atoms with Gasteiger partial charge in [0.15, 0.2) is 0 Å².